The van der Waals surface area contributed by atoms with E-state index in [1.54, 1.807) is 20.0 Å². The van der Waals surface area contributed by atoms with E-state index >= 15 is 0 Å². The van der Waals surface area contributed by atoms with Gasteiger partial charge < -0.3 is 9.67 Å². The SMILES string of the molecule is CCn1c(C(C)(C)O)cnc1C. The van der Waals surface area contributed by atoms with E-state index in [9.17, 15) is 5.11 Å². The smallest absolute Gasteiger partial charge is 0.105 e. The van der Waals surface area contributed by atoms with Gasteiger partial charge in [0.25, 0.3) is 0 Å². The van der Waals surface area contributed by atoms with Gasteiger partial charge in [-0.05, 0) is 27.7 Å². The molecule has 1 aromatic rings. The van der Waals surface area contributed by atoms with Crippen molar-refractivity contribution in [1.82, 2.24) is 9.55 Å². The number of hydrogen-bond donors (Lipinski definition) is 1. The van der Waals surface area contributed by atoms with E-state index in [0.717, 1.165) is 18.1 Å². The molecule has 1 aromatic heterocycles. The maximum Gasteiger partial charge on any atom is 0.105 e. The van der Waals surface area contributed by atoms with E-state index in [2.05, 4.69) is 4.98 Å². The maximum atomic E-state index is 9.75. The average molecular weight is 168 g/mol. The molecular formula is C9H16N2O. The van der Waals surface area contributed by atoms with Crippen LogP contribution in [0, 0.1) is 6.92 Å². The highest BCUT2D eigenvalue weighted by Crippen LogP contribution is 2.20. The average Bonchev–Trinajstić information content (AvgIpc) is 2.29. The molecule has 0 saturated heterocycles. The molecule has 0 saturated carbocycles. The Kier molecular flexibility index (Phi) is 2.24. The van der Waals surface area contributed by atoms with Crippen molar-refractivity contribution in [2.75, 3.05) is 0 Å². The van der Waals surface area contributed by atoms with Crippen LogP contribution in [0.2, 0.25) is 0 Å². The molecule has 0 radical (unpaired) electrons. The van der Waals surface area contributed by atoms with Crippen LogP contribution in [0.4, 0.5) is 0 Å². The lowest BCUT2D eigenvalue weighted by Gasteiger charge is -2.19. The minimum atomic E-state index is -0.794. The summed E-state index contributed by atoms with van der Waals surface area (Å²) in [7, 11) is 0. The predicted molar refractivity (Wildman–Crippen MR) is 47.9 cm³/mol. The van der Waals surface area contributed by atoms with Gasteiger partial charge in [-0.15, -0.1) is 0 Å². The van der Waals surface area contributed by atoms with Crippen molar-refractivity contribution < 1.29 is 5.11 Å². The molecule has 0 amide bonds. The van der Waals surface area contributed by atoms with E-state index in [1.807, 2.05) is 18.4 Å². The summed E-state index contributed by atoms with van der Waals surface area (Å²) in [5.41, 5.74) is 0.0829. The highest BCUT2D eigenvalue weighted by molar-refractivity contribution is 5.11. The van der Waals surface area contributed by atoms with E-state index in [1.165, 1.54) is 0 Å². The second-order valence-electron chi connectivity index (χ2n) is 3.49. The third kappa shape index (κ3) is 1.50. The van der Waals surface area contributed by atoms with Gasteiger partial charge in [-0.25, -0.2) is 4.98 Å². The van der Waals surface area contributed by atoms with Crippen LogP contribution in [0.15, 0.2) is 6.20 Å². The van der Waals surface area contributed by atoms with E-state index in [-0.39, 0.29) is 0 Å². The minimum Gasteiger partial charge on any atom is -0.384 e. The highest BCUT2D eigenvalue weighted by Gasteiger charge is 2.21. The summed E-state index contributed by atoms with van der Waals surface area (Å²) in [5, 5.41) is 9.75. The van der Waals surface area contributed by atoms with Gasteiger partial charge in [-0.3, -0.25) is 0 Å². The first kappa shape index (κ1) is 9.26. The molecule has 12 heavy (non-hydrogen) atoms. The molecule has 0 fully saturated rings. The number of aryl methyl sites for hydroxylation is 1. The molecule has 0 aliphatic rings. The standard InChI is InChI=1S/C9H16N2O/c1-5-11-7(2)10-6-8(11)9(3,4)12/h6,12H,5H2,1-4H3. The first-order valence-electron chi connectivity index (χ1n) is 4.21. The summed E-state index contributed by atoms with van der Waals surface area (Å²) in [6.45, 7) is 8.39. The van der Waals surface area contributed by atoms with Gasteiger partial charge in [0.1, 0.15) is 11.4 Å². The van der Waals surface area contributed by atoms with Crippen molar-refractivity contribution in [3.05, 3.63) is 17.7 Å². The van der Waals surface area contributed by atoms with Gasteiger partial charge >= 0.3 is 0 Å². The van der Waals surface area contributed by atoms with Crippen molar-refractivity contribution in [2.45, 2.75) is 39.8 Å². The van der Waals surface area contributed by atoms with E-state index in [0.29, 0.717) is 0 Å². The van der Waals surface area contributed by atoms with Gasteiger partial charge in [0.2, 0.25) is 0 Å². The molecule has 0 aromatic carbocycles. The zero-order valence-corrected chi connectivity index (χ0v) is 8.13. The zero-order chi connectivity index (χ0) is 9.35. The Bertz CT molecular complexity index is 271. The number of imidazole rings is 1. The van der Waals surface area contributed by atoms with Crippen LogP contribution >= 0.6 is 0 Å². The van der Waals surface area contributed by atoms with Gasteiger partial charge in [0, 0.05) is 6.54 Å². The predicted octanol–water partition coefficient (Wildman–Crippen LogP) is 1.44. The molecule has 3 heteroatoms. The fourth-order valence-electron chi connectivity index (χ4n) is 1.36. The number of nitrogens with zero attached hydrogens (tertiary/aromatic N) is 2. The van der Waals surface area contributed by atoms with Crippen LogP contribution < -0.4 is 0 Å². The van der Waals surface area contributed by atoms with Crippen molar-refractivity contribution in [3.63, 3.8) is 0 Å². The Morgan fingerprint density at radius 2 is 2.17 bits per heavy atom. The van der Waals surface area contributed by atoms with E-state index < -0.39 is 5.60 Å². The molecule has 1 heterocycles. The Morgan fingerprint density at radius 1 is 1.58 bits per heavy atom. The lowest BCUT2D eigenvalue weighted by molar-refractivity contribution is 0.0697. The summed E-state index contributed by atoms with van der Waals surface area (Å²) in [6.07, 6.45) is 1.73. The molecule has 1 N–H and O–H groups in total. The Balaban J connectivity index is 3.16. The Morgan fingerprint density at radius 3 is 2.50 bits per heavy atom. The normalized spacial score (nSPS) is 12.1. The topological polar surface area (TPSA) is 38.0 Å². The third-order valence-electron chi connectivity index (χ3n) is 2.00. The summed E-state index contributed by atoms with van der Waals surface area (Å²) < 4.78 is 2.01. The molecule has 0 unspecified atom stereocenters. The Hall–Kier alpha value is -0.830. The van der Waals surface area contributed by atoms with Crippen molar-refractivity contribution in [2.24, 2.45) is 0 Å². The quantitative estimate of drug-likeness (QED) is 0.725. The number of hydrogen-bond acceptors (Lipinski definition) is 2. The minimum absolute atomic E-state index is 0.794. The van der Waals surface area contributed by atoms with Gasteiger partial charge in [-0.2, -0.15) is 0 Å². The molecule has 0 aliphatic carbocycles. The summed E-state index contributed by atoms with van der Waals surface area (Å²) in [5.74, 6) is 0.953. The molecule has 0 aliphatic heterocycles. The second kappa shape index (κ2) is 2.90. The fourth-order valence-corrected chi connectivity index (χ4v) is 1.36. The number of rotatable bonds is 2. The second-order valence-corrected chi connectivity index (χ2v) is 3.49. The summed E-state index contributed by atoms with van der Waals surface area (Å²) >= 11 is 0. The third-order valence-corrected chi connectivity index (χ3v) is 2.00. The molecule has 68 valence electrons. The molecule has 0 atom stereocenters. The lowest BCUT2D eigenvalue weighted by atomic mass is 10.1. The van der Waals surface area contributed by atoms with Crippen molar-refractivity contribution in [3.8, 4) is 0 Å². The molecule has 3 nitrogen and oxygen atoms in total. The maximum absolute atomic E-state index is 9.75. The van der Waals surface area contributed by atoms with Crippen LogP contribution in [-0.2, 0) is 12.1 Å². The van der Waals surface area contributed by atoms with E-state index in [4.69, 9.17) is 0 Å². The first-order valence-corrected chi connectivity index (χ1v) is 4.21. The van der Waals surface area contributed by atoms with Crippen LogP contribution in [0.3, 0.4) is 0 Å². The van der Waals surface area contributed by atoms with Gasteiger partial charge in [0.15, 0.2) is 0 Å². The number of aromatic nitrogens is 2. The van der Waals surface area contributed by atoms with Crippen LogP contribution in [0.5, 0.6) is 0 Å². The molecule has 1 rings (SSSR count). The summed E-state index contributed by atoms with van der Waals surface area (Å²) in [6, 6.07) is 0. The Labute approximate surface area is 73.1 Å². The van der Waals surface area contributed by atoms with Crippen LogP contribution in [0.25, 0.3) is 0 Å². The zero-order valence-electron chi connectivity index (χ0n) is 8.13. The van der Waals surface area contributed by atoms with Crippen LogP contribution in [0.1, 0.15) is 32.3 Å². The van der Waals surface area contributed by atoms with Crippen molar-refractivity contribution >= 4 is 0 Å². The highest BCUT2D eigenvalue weighted by atomic mass is 16.3. The molecule has 0 spiro atoms. The molecular weight excluding hydrogens is 152 g/mol. The first-order chi connectivity index (χ1) is 5.46. The largest absolute Gasteiger partial charge is 0.384 e. The summed E-state index contributed by atoms with van der Waals surface area (Å²) in [4.78, 5) is 4.16. The lowest BCUT2D eigenvalue weighted by Crippen LogP contribution is -2.20. The molecule has 0 bridgehead atoms. The monoisotopic (exact) mass is 168 g/mol. The van der Waals surface area contributed by atoms with Crippen molar-refractivity contribution in [1.29, 1.82) is 0 Å². The fraction of sp³-hybridized carbons (Fsp3) is 0.667. The van der Waals surface area contributed by atoms with Gasteiger partial charge in [0.05, 0.1) is 11.9 Å². The van der Waals surface area contributed by atoms with Gasteiger partial charge in [-0.1, -0.05) is 0 Å². The van der Waals surface area contributed by atoms with Crippen LogP contribution in [-0.4, -0.2) is 14.7 Å². The number of aliphatic hydroxyl groups is 1.